The van der Waals surface area contributed by atoms with Crippen LogP contribution in [0.15, 0.2) is 48.5 Å². The van der Waals surface area contributed by atoms with Gasteiger partial charge in [0.2, 0.25) is 0 Å². The van der Waals surface area contributed by atoms with Crippen LogP contribution in [0.1, 0.15) is 23.6 Å². The molecule has 0 N–H and O–H groups in total. The van der Waals surface area contributed by atoms with Gasteiger partial charge in [0, 0.05) is 18.3 Å². The van der Waals surface area contributed by atoms with Crippen LogP contribution >= 0.6 is 0 Å². The van der Waals surface area contributed by atoms with E-state index >= 15 is 0 Å². The van der Waals surface area contributed by atoms with Gasteiger partial charge in [0.25, 0.3) is 5.91 Å². The summed E-state index contributed by atoms with van der Waals surface area (Å²) in [6.07, 6.45) is 0.931. The highest BCUT2D eigenvalue weighted by Crippen LogP contribution is 2.36. The molecule has 0 radical (unpaired) electrons. The van der Waals surface area contributed by atoms with Gasteiger partial charge in [-0.15, -0.1) is 0 Å². The summed E-state index contributed by atoms with van der Waals surface area (Å²) in [6.45, 7) is 2.76. The third-order valence-electron chi connectivity index (χ3n) is 4.58. The smallest absolute Gasteiger partial charge is 0.264 e. The molecule has 2 aromatic carbocycles. The lowest BCUT2D eigenvalue weighted by molar-refractivity contribution is -0.120. The summed E-state index contributed by atoms with van der Waals surface area (Å²) in [5.74, 6) is 0.769. The van der Waals surface area contributed by atoms with Gasteiger partial charge >= 0.3 is 0 Å². The first-order valence-electron chi connectivity index (χ1n) is 8.32. The van der Waals surface area contributed by atoms with E-state index in [1.54, 1.807) is 0 Å². The Hall–Kier alpha value is -2.33. The third kappa shape index (κ3) is 3.29. The van der Waals surface area contributed by atoms with Crippen LogP contribution < -0.4 is 9.64 Å². The summed E-state index contributed by atoms with van der Waals surface area (Å²) < 4.78 is 5.74. The molecule has 0 fully saturated rings. The molecule has 0 saturated heterocycles. The monoisotopic (exact) mass is 324 g/mol. The minimum absolute atomic E-state index is 0.00269. The number of ether oxygens (including phenoxy) is 1. The average molecular weight is 324 g/mol. The van der Waals surface area contributed by atoms with Gasteiger partial charge in [0.05, 0.1) is 0 Å². The van der Waals surface area contributed by atoms with E-state index in [2.05, 4.69) is 25.1 Å². The number of nitrogens with zero attached hydrogens (tertiary/aromatic N) is 2. The maximum absolute atomic E-state index is 12.7. The Labute approximate surface area is 143 Å². The topological polar surface area (TPSA) is 32.8 Å². The van der Waals surface area contributed by atoms with E-state index in [0.717, 1.165) is 30.0 Å². The molecule has 1 atom stereocenters. The Morgan fingerprint density at radius 2 is 1.88 bits per heavy atom. The van der Waals surface area contributed by atoms with E-state index in [0.29, 0.717) is 6.04 Å². The van der Waals surface area contributed by atoms with Crippen molar-refractivity contribution in [2.75, 3.05) is 32.1 Å². The first-order chi connectivity index (χ1) is 11.6. The molecule has 0 bridgehead atoms. The van der Waals surface area contributed by atoms with Gasteiger partial charge in [0.1, 0.15) is 5.75 Å². The Bertz CT molecular complexity index is 727. The van der Waals surface area contributed by atoms with E-state index in [-0.39, 0.29) is 12.5 Å². The molecule has 126 valence electrons. The van der Waals surface area contributed by atoms with E-state index in [1.807, 2.05) is 54.3 Å². The van der Waals surface area contributed by atoms with Crippen LogP contribution in [0.5, 0.6) is 5.75 Å². The third-order valence-corrected chi connectivity index (χ3v) is 4.58. The van der Waals surface area contributed by atoms with Gasteiger partial charge in [-0.05, 0) is 50.7 Å². The molecule has 0 aromatic heterocycles. The summed E-state index contributed by atoms with van der Waals surface area (Å²) in [5, 5.41) is 0. The molecule has 0 aliphatic carbocycles. The second kappa shape index (κ2) is 7.05. The summed E-state index contributed by atoms with van der Waals surface area (Å²) in [7, 11) is 4.17. The molecular formula is C20H24N2O2. The Balaban J connectivity index is 1.76. The molecule has 3 rings (SSSR count). The Kier molecular flexibility index (Phi) is 4.86. The van der Waals surface area contributed by atoms with E-state index < -0.39 is 0 Å². The van der Waals surface area contributed by atoms with Gasteiger partial charge in [-0.3, -0.25) is 4.79 Å². The van der Waals surface area contributed by atoms with E-state index in [9.17, 15) is 4.79 Å². The number of carbonyl (C=O) groups is 1. The highest BCUT2D eigenvalue weighted by atomic mass is 16.5. The molecule has 4 heteroatoms. The van der Waals surface area contributed by atoms with Crippen molar-refractivity contribution in [2.45, 2.75) is 19.4 Å². The first-order valence-corrected chi connectivity index (χ1v) is 8.32. The maximum Gasteiger partial charge on any atom is 0.264 e. The zero-order chi connectivity index (χ0) is 17.1. The fourth-order valence-corrected chi connectivity index (χ4v) is 3.27. The van der Waals surface area contributed by atoms with Crippen molar-refractivity contribution in [3.8, 4) is 5.75 Å². The first kappa shape index (κ1) is 16.5. The predicted octanol–water partition coefficient (Wildman–Crippen LogP) is 3.41. The lowest BCUT2D eigenvalue weighted by Crippen LogP contribution is -2.41. The summed E-state index contributed by atoms with van der Waals surface area (Å²) in [5.41, 5.74) is 3.25. The zero-order valence-corrected chi connectivity index (χ0v) is 14.5. The SMILES string of the molecule is Cc1ccccc1OCC(=O)N1CCC(N(C)C)c2ccccc21. The number of fused-ring (bicyclic) bond motifs is 1. The molecule has 1 heterocycles. The van der Waals surface area contributed by atoms with Crippen LogP contribution in [0.3, 0.4) is 0 Å². The fraction of sp³-hybridized carbons (Fsp3) is 0.350. The summed E-state index contributed by atoms with van der Waals surface area (Å²) in [6, 6.07) is 16.3. The molecule has 4 nitrogen and oxygen atoms in total. The zero-order valence-electron chi connectivity index (χ0n) is 14.5. The molecule has 1 unspecified atom stereocenters. The van der Waals surface area contributed by atoms with Crippen LogP contribution in [0.25, 0.3) is 0 Å². The highest BCUT2D eigenvalue weighted by Gasteiger charge is 2.29. The number of aryl methyl sites for hydroxylation is 1. The molecule has 1 aliphatic heterocycles. The van der Waals surface area contributed by atoms with Gasteiger partial charge in [-0.2, -0.15) is 0 Å². The lowest BCUT2D eigenvalue weighted by atomic mass is 9.95. The fourth-order valence-electron chi connectivity index (χ4n) is 3.27. The summed E-state index contributed by atoms with van der Waals surface area (Å²) >= 11 is 0. The van der Waals surface area contributed by atoms with Crippen LogP contribution in [0.4, 0.5) is 5.69 Å². The van der Waals surface area contributed by atoms with Crippen molar-refractivity contribution in [1.29, 1.82) is 0 Å². The number of hydrogen-bond donors (Lipinski definition) is 0. The second-order valence-corrected chi connectivity index (χ2v) is 6.43. The molecule has 0 saturated carbocycles. The Morgan fingerprint density at radius 1 is 1.17 bits per heavy atom. The van der Waals surface area contributed by atoms with Crippen LogP contribution in [-0.2, 0) is 4.79 Å². The van der Waals surface area contributed by atoms with Gasteiger partial charge in [-0.1, -0.05) is 36.4 Å². The van der Waals surface area contributed by atoms with Crippen LogP contribution in [0.2, 0.25) is 0 Å². The van der Waals surface area contributed by atoms with Crippen molar-refractivity contribution in [1.82, 2.24) is 4.90 Å². The lowest BCUT2D eigenvalue weighted by Gasteiger charge is -2.37. The summed E-state index contributed by atoms with van der Waals surface area (Å²) in [4.78, 5) is 16.8. The number of amides is 1. The number of carbonyl (C=O) groups excluding carboxylic acids is 1. The van der Waals surface area contributed by atoms with Crippen molar-refractivity contribution in [3.05, 3.63) is 59.7 Å². The van der Waals surface area contributed by atoms with Crippen LogP contribution in [0, 0.1) is 6.92 Å². The van der Waals surface area contributed by atoms with Crippen molar-refractivity contribution in [2.24, 2.45) is 0 Å². The number of benzene rings is 2. The molecular weight excluding hydrogens is 300 g/mol. The minimum atomic E-state index is 0.00269. The van der Waals surface area contributed by atoms with E-state index in [1.165, 1.54) is 5.56 Å². The number of para-hydroxylation sites is 2. The van der Waals surface area contributed by atoms with E-state index in [4.69, 9.17) is 4.74 Å². The standard InChI is InChI=1S/C20H24N2O2/c1-15-8-4-7-11-19(15)24-14-20(23)22-13-12-17(21(2)3)16-9-5-6-10-18(16)22/h4-11,17H,12-14H2,1-3H3. The van der Waals surface area contributed by atoms with Gasteiger partial charge < -0.3 is 14.5 Å². The molecule has 24 heavy (non-hydrogen) atoms. The van der Waals surface area contributed by atoms with Crippen molar-refractivity contribution >= 4 is 11.6 Å². The molecule has 2 aromatic rings. The number of anilines is 1. The minimum Gasteiger partial charge on any atom is -0.483 e. The van der Waals surface area contributed by atoms with Gasteiger partial charge in [0.15, 0.2) is 6.61 Å². The van der Waals surface area contributed by atoms with Gasteiger partial charge in [-0.25, -0.2) is 0 Å². The maximum atomic E-state index is 12.7. The van der Waals surface area contributed by atoms with Crippen molar-refractivity contribution in [3.63, 3.8) is 0 Å². The predicted molar refractivity (Wildman–Crippen MR) is 96.5 cm³/mol. The second-order valence-electron chi connectivity index (χ2n) is 6.43. The normalized spacial score (nSPS) is 16.8. The van der Waals surface area contributed by atoms with Crippen LogP contribution in [-0.4, -0.2) is 38.1 Å². The number of hydrogen-bond acceptors (Lipinski definition) is 3. The molecule has 0 spiro atoms. The van der Waals surface area contributed by atoms with Crippen molar-refractivity contribution < 1.29 is 9.53 Å². The Morgan fingerprint density at radius 3 is 2.62 bits per heavy atom. The number of rotatable bonds is 4. The highest BCUT2D eigenvalue weighted by molar-refractivity contribution is 5.95. The molecule has 1 amide bonds. The molecule has 1 aliphatic rings. The largest absolute Gasteiger partial charge is 0.483 e. The quantitative estimate of drug-likeness (QED) is 0.864. The average Bonchev–Trinajstić information content (AvgIpc) is 2.59.